The van der Waals surface area contributed by atoms with Crippen LogP contribution in [0.4, 0.5) is 0 Å². The van der Waals surface area contributed by atoms with E-state index in [1.54, 1.807) is 72.3 Å². The number of amides is 4. The lowest BCUT2D eigenvalue weighted by Crippen LogP contribution is -2.55. The van der Waals surface area contributed by atoms with Crippen LogP contribution in [0.3, 0.4) is 0 Å². The van der Waals surface area contributed by atoms with Gasteiger partial charge in [0.05, 0.1) is 48.4 Å². The maximum Gasteiger partial charge on any atom is 0.256 e. The topological polar surface area (TPSA) is 198 Å². The van der Waals surface area contributed by atoms with Crippen molar-refractivity contribution in [2.24, 2.45) is 35.3 Å². The Hall–Kier alpha value is -4.22. The van der Waals surface area contributed by atoms with E-state index in [1.807, 2.05) is 66.6 Å². The van der Waals surface area contributed by atoms with Crippen LogP contribution in [0, 0.1) is 29.6 Å². The van der Waals surface area contributed by atoms with Crippen molar-refractivity contribution in [3.8, 4) is 0 Å². The van der Waals surface area contributed by atoms with Crippen LogP contribution in [0.2, 0.25) is 0 Å². The molecule has 0 spiro atoms. The van der Waals surface area contributed by atoms with Gasteiger partial charge in [0.15, 0.2) is 5.78 Å². The first-order chi connectivity index (χ1) is 30.6. The molecule has 0 radical (unpaired) electrons. The SMILES string of the molecule is CC[C@H](C)[C@@H]([C@@H](CC(=O)N1CCC[C@H]1[C@H](OC)[C@@H](C)C(=O)NC(Cc1ccccc1)C(=O)NS(=O)(=O)Cc1ccc(CN)cc1)OC)N(C)C(=O)[C@@H](CC(=O)[C@H](C(C)C)N(C)C)C(C)C. The lowest BCUT2D eigenvalue weighted by Gasteiger charge is -2.41. The van der Waals surface area contributed by atoms with Gasteiger partial charge in [0.1, 0.15) is 6.04 Å². The number of carbonyl (C=O) groups excluding carboxylic acids is 5. The number of nitrogens with zero attached hydrogens (tertiary/aromatic N) is 3. The third-order valence-electron chi connectivity index (χ3n) is 13.1. The Morgan fingerprint density at radius 3 is 1.97 bits per heavy atom. The van der Waals surface area contributed by atoms with Gasteiger partial charge in [0.2, 0.25) is 27.7 Å². The van der Waals surface area contributed by atoms with Gasteiger partial charge in [-0.25, -0.2) is 8.42 Å². The van der Waals surface area contributed by atoms with Crippen molar-refractivity contribution in [3.63, 3.8) is 0 Å². The van der Waals surface area contributed by atoms with Crippen LogP contribution >= 0.6 is 0 Å². The summed E-state index contributed by atoms with van der Waals surface area (Å²) in [6.45, 7) is 14.4. The third kappa shape index (κ3) is 15.4. The monoisotopic (exact) mass is 927 g/mol. The Bertz CT molecular complexity index is 1960. The van der Waals surface area contributed by atoms with Crippen molar-refractivity contribution < 1.29 is 41.9 Å². The van der Waals surface area contributed by atoms with Crippen molar-refractivity contribution >= 4 is 39.4 Å². The fourth-order valence-electron chi connectivity index (χ4n) is 9.38. The number of rotatable bonds is 26. The molecule has 1 aliphatic rings. The summed E-state index contributed by atoms with van der Waals surface area (Å²) in [6, 6.07) is 13.1. The van der Waals surface area contributed by atoms with Gasteiger partial charge in [0.25, 0.3) is 5.91 Å². The number of ketones is 1. The molecule has 4 amide bonds. The fraction of sp³-hybridized carbons (Fsp3) is 0.653. The van der Waals surface area contributed by atoms with Crippen LogP contribution < -0.4 is 15.8 Å². The molecule has 1 heterocycles. The second-order valence-electron chi connectivity index (χ2n) is 18.8. The summed E-state index contributed by atoms with van der Waals surface area (Å²) >= 11 is 0. The van der Waals surface area contributed by atoms with Gasteiger partial charge in [-0.2, -0.15) is 0 Å². The zero-order valence-corrected chi connectivity index (χ0v) is 41.7. The molecule has 1 saturated heterocycles. The van der Waals surface area contributed by atoms with E-state index in [4.69, 9.17) is 15.2 Å². The molecule has 2 aromatic carbocycles. The molecule has 1 aliphatic heterocycles. The number of benzene rings is 2. The quantitative estimate of drug-likeness (QED) is 0.120. The summed E-state index contributed by atoms with van der Waals surface area (Å²) in [6.07, 6.45) is 0.555. The molecule has 0 aliphatic carbocycles. The lowest BCUT2D eigenvalue weighted by atomic mass is 9.83. The number of nitrogens with one attached hydrogen (secondary N) is 2. The van der Waals surface area contributed by atoms with E-state index in [2.05, 4.69) is 10.0 Å². The molecule has 4 N–H and O–H groups in total. The fourth-order valence-corrected chi connectivity index (χ4v) is 10.5. The third-order valence-corrected chi connectivity index (χ3v) is 14.3. The highest BCUT2D eigenvalue weighted by Crippen LogP contribution is 2.31. The minimum Gasteiger partial charge on any atom is -0.379 e. The summed E-state index contributed by atoms with van der Waals surface area (Å²) in [7, 11) is 4.36. The van der Waals surface area contributed by atoms with Crippen molar-refractivity contribution in [1.82, 2.24) is 24.7 Å². The Morgan fingerprint density at radius 2 is 1.45 bits per heavy atom. The van der Waals surface area contributed by atoms with Gasteiger partial charge in [-0.15, -0.1) is 0 Å². The van der Waals surface area contributed by atoms with E-state index in [0.29, 0.717) is 43.5 Å². The normalized spacial score (nSPS) is 18.1. The molecule has 3 rings (SSSR count). The summed E-state index contributed by atoms with van der Waals surface area (Å²) in [5, 5.41) is 2.80. The molecule has 15 nitrogen and oxygen atoms in total. The molecule has 65 heavy (non-hydrogen) atoms. The number of methoxy groups -OCH3 is 2. The molecular weight excluding hydrogens is 849 g/mol. The van der Waals surface area contributed by atoms with Crippen molar-refractivity contribution in [2.75, 3.05) is 41.9 Å². The minimum absolute atomic E-state index is 0.0173. The van der Waals surface area contributed by atoms with Crippen LogP contribution in [0.1, 0.15) is 97.3 Å². The molecule has 9 atom stereocenters. The smallest absolute Gasteiger partial charge is 0.256 e. The van der Waals surface area contributed by atoms with Crippen molar-refractivity contribution in [3.05, 3.63) is 71.3 Å². The highest BCUT2D eigenvalue weighted by molar-refractivity contribution is 7.89. The Labute approximate surface area is 389 Å². The Morgan fingerprint density at radius 1 is 0.831 bits per heavy atom. The molecule has 0 bridgehead atoms. The number of hydrogen-bond acceptors (Lipinski definition) is 11. The van der Waals surface area contributed by atoms with Crippen LogP contribution in [0.25, 0.3) is 0 Å². The lowest BCUT2D eigenvalue weighted by molar-refractivity contribution is -0.149. The van der Waals surface area contributed by atoms with E-state index in [9.17, 15) is 32.4 Å². The molecule has 1 unspecified atom stereocenters. The van der Waals surface area contributed by atoms with Gasteiger partial charge >= 0.3 is 0 Å². The maximum absolute atomic E-state index is 14.4. The van der Waals surface area contributed by atoms with Crippen LogP contribution in [-0.2, 0) is 62.2 Å². The Kier molecular flexibility index (Phi) is 21.7. The first-order valence-corrected chi connectivity index (χ1v) is 24.7. The van der Waals surface area contributed by atoms with Crippen LogP contribution in [0.5, 0.6) is 0 Å². The van der Waals surface area contributed by atoms with E-state index < -0.39 is 69.8 Å². The highest BCUT2D eigenvalue weighted by atomic mass is 32.2. The summed E-state index contributed by atoms with van der Waals surface area (Å²) < 4.78 is 40.7. The number of ether oxygens (including phenoxy) is 2. The van der Waals surface area contributed by atoms with E-state index in [1.165, 1.54) is 14.2 Å². The highest BCUT2D eigenvalue weighted by Gasteiger charge is 2.43. The van der Waals surface area contributed by atoms with E-state index in [0.717, 1.165) is 5.56 Å². The first kappa shape index (κ1) is 55.1. The van der Waals surface area contributed by atoms with Crippen LogP contribution in [-0.4, -0.2) is 131 Å². The number of nitrogens with two attached hydrogens (primary N) is 1. The summed E-state index contributed by atoms with van der Waals surface area (Å²) in [4.78, 5) is 75.6. The van der Waals surface area contributed by atoms with Gasteiger partial charge < -0.3 is 30.3 Å². The molecule has 0 saturated carbocycles. The predicted molar refractivity (Wildman–Crippen MR) is 254 cm³/mol. The predicted octanol–water partition coefficient (Wildman–Crippen LogP) is 4.56. The first-order valence-electron chi connectivity index (χ1n) is 23.1. The molecule has 16 heteroatoms. The number of sulfonamides is 1. The number of likely N-dealkylation sites (tertiary alicyclic amines) is 1. The van der Waals surface area contributed by atoms with Crippen LogP contribution in [0.15, 0.2) is 54.6 Å². The summed E-state index contributed by atoms with van der Waals surface area (Å²) in [5.41, 5.74) is 7.69. The molecule has 2 aromatic rings. The largest absolute Gasteiger partial charge is 0.379 e. The zero-order valence-electron chi connectivity index (χ0n) is 40.9. The zero-order chi connectivity index (χ0) is 48.8. The minimum atomic E-state index is -4.15. The number of hydrogen-bond donors (Lipinski definition) is 3. The van der Waals surface area contributed by atoms with Crippen molar-refractivity contribution in [2.45, 2.75) is 136 Å². The van der Waals surface area contributed by atoms with Crippen molar-refractivity contribution in [1.29, 1.82) is 0 Å². The number of carbonyl (C=O) groups is 5. The van der Waals surface area contributed by atoms with Gasteiger partial charge in [-0.05, 0) is 61.4 Å². The van der Waals surface area contributed by atoms with Gasteiger partial charge in [-0.1, -0.05) is 109 Å². The van der Waals surface area contributed by atoms with Gasteiger partial charge in [-0.3, -0.25) is 33.6 Å². The summed E-state index contributed by atoms with van der Waals surface area (Å²) in [5.74, 6) is -3.76. The van der Waals surface area contributed by atoms with E-state index >= 15 is 0 Å². The second-order valence-corrected chi connectivity index (χ2v) is 20.5. The Balaban J connectivity index is 1.82. The number of likely N-dealkylation sites (N-methyl/N-ethyl adjacent to an activating group) is 2. The molecule has 364 valence electrons. The van der Waals surface area contributed by atoms with E-state index in [-0.39, 0.29) is 60.7 Å². The molecule has 1 fully saturated rings. The average Bonchev–Trinajstić information content (AvgIpc) is 3.74. The molecule has 0 aromatic heterocycles. The number of Topliss-reactive ketones (excluding diaryl/α,β-unsaturated/α-hetero) is 1. The average molecular weight is 927 g/mol. The second kappa shape index (κ2) is 25.6. The molecular formula is C49H78N6O9S. The standard InChI is InChI=1S/C49H78N6O9S/c1-13-33(6)45(54(10)49(60)38(31(2)3)27-41(56)44(32(4)5)53(8)9)42(63-11)28-43(57)55-25-17-20-40(55)46(64-12)34(7)47(58)51-39(26-35-18-15-14-16-19-35)48(59)52-65(61,62)30-37-23-21-36(29-50)22-24-37/h14-16,18-19,21-24,31-34,38-40,42,44-46H,13,17,20,25-30,50H2,1-12H3,(H,51,58)(H,52,59)/t33-,34+,38-,39?,40-,42+,44-,45-,46+/m0/s1. The maximum atomic E-state index is 14.4. The van der Waals surface area contributed by atoms with Gasteiger partial charge in [0, 0.05) is 53.1 Å².